The minimum absolute atomic E-state index is 0.0528. The molecule has 0 saturated heterocycles. The zero-order chi connectivity index (χ0) is 13.0. The zero-order valence-electron chi connectivity index (χ0n) is 10.5. The van der Waals surface area contributed by atoms with Gasteiger partial charge in [0.05, 0.1) is 17.9 Å². The van der Waals surface area contributed by atoms with Crippen molar-refractivity contribution in [2.24, 2.45) is 0 Å². The molecule has 0 amide bonds. The van der Waals surface area contributed by atoms with E-state index in [-0.39, 0.29) is 11.9 Å². The number of hydrogen-bond acceptors (Lipinski definition) is 3. The smallest absolute Gasteiger partial charge is 0.141 e. The maximum Gasteiger partial charge on any atom is 0.141 e. The van der Waals surface area contributed by atoms with Crippen LogP contribution in [-0.4, -0.2) is 16.5 Å². The fourth-order valence-electron chi connectivity index (χ4n) is 1.89. The van der Waals surface area contributed by atoms with Crippen molar-refractivity contribution in [1.29, 1.82) is 0 Å². The van der Waals surface area contributed by atoms with Gasteiger partial charge < -0.3 is 5.32 Å². The normalized spacial score (nSPS) is 12.4. The molecule has 0 radical (unpaired) electrons. The van der Waals surface area contributed by atoms with Gasteiger partial charge in [0, 0.05) is 12.4 Å². The first-order valence-electron chi connectivity index (χ1n) is 5.97. The number of nitrogens with one attached hydrogen (secondary N) is 1. The lowest BCUT2D eigenvalue weighted by Crippen LogP contribution is -2.23. The van der Waals surface area contributed by atoms with Gasteiger partial charge in [-0.1, -0.05) is 13.0 Å². The van der Waals surface area contributed by atoms with E-state index in [1.807, 2.05) is 26.2 Å². The second-order valence-electron chi connectivity index (χ2n) is 4.19. The Bertz CT molecular complexity index is 511. The molecule has 2 heterocycles. The molecule has 1 unspecified atom stereocenters. The van der Waals surface area contributed by atoms with E-state index < -0.39 is 0 Å². The summed E-state index contributed by atoms with van der Waals surface area (Å²) in [5.41, 5.74) is 2.93. The second kappa shape index (κ2) is 5.69. The number of halogens is 1. The van der Waals surface area contributed by atoms with Crippen molar-refractivity contribution >= 4 is 0 Å². The van der Waals surface area contributed by atoms with Crippen LogP contribution >= 0.6 is 0 Å². The average molecular weight is 245 g/mol. The fraction of sp³-hybridized carbons (Fsp3) is 0.286. The van der Waals surface area contributed by atoms with E-state index in [0.29, 0.717) is 0 Å². The first-order chi connectivity index (χ1) is 8.70. The second-order valence-corrected chi connectivity index (χ2v) is 4.19. The molecule has 1 atom stereocenters. The number of pyridine rings is 2. The molecule has 18 heavy (non-hydrogen) atoms. The highest BCUT2D eigenvalue weighted by atomic mass is 19.1. The Hall–Kier alpha value is -1.81. The lowest BCUT2D eigenvalue weighted by atomic mass is 10.0. The molecule has 3 nitrogen and oxygen atoms in total. The SMILES string of the molecule is CCNC(c1cncc(C)c1)c1ccc(F)cn1. The lowest BCUT2D eigenvalue weighted by molar-refractivity contribution is 0.593. The van der Waals surface area contributed by atoms with Crippen LogP contribution in [0, 0.1) is 12.7 Å². The fourth-order valence-corrected chi connectivity index (χ4v) is 1.89. The van der Waals surface area contributed by atoms with E-state index in [9.17, 15) is 4.39 Å². The van der Waals surface area contributed by atoms with E-state index in [2.05, 4.69) is 21.4 Å². The van der Waals surface area contributed by atoms with Gasteiger partial charge in [0.15, 0.2) is 0 Å². The predicted molar refractivity (Wildman–Crippen MR) is 68.7 cm³/mol. The van der Waals surface area contributed by atoms with E-state index >= 15 is 0 Å². The standard InChI is InChI=1S/C14H16FN3/c1-3-17-14(11-6-10(2)7-16-8-11)13-5-4-12(15)9-18-13/h4-9,14,17H,3H2,1-2H3. The Morgan fingerprint density at radius 1 is 1.28 bits per heavy atom. The molecule has 0 aromatic carbocycles. The van der Waals surface area contributed by atoms with E-state index in [4.69, 9.17) is 0 Å². The first-order valence-corrected chi connectivity index (χ1v) is 5.97. The van der Waals surface area contributed by atoms with Gasteiger partial charge in [0.1, 0.15) is 5.82 Å². The molecule has 0 aliphatic heterocycles. The molecule has 2 aromatic rings. The van der Waals surface area contributed by atoms with Gasteiger partial charge in [-0.25, -0.2) is 4.39 Å². The van der Waals surface area contributed by atoms with Crippen LogP contribution in [0.2, 0.25) is 0 Å². The highest BCUT2D eigenvalue weighted by molar-refractivity contribution is 5.28. The molecule has 0 saturated carbocycles. The van der Waals surface area contributed by atoms with Crippen molar-refractivity contribution in [2.45, 2.75) is 19.9 Å². The topological polar surface area (TPSA) is 37.8 Å². The van der Waals surface area contributed by atoms with Crippen LogP contribution in [-0.2, 0) is 0 Å². The average Bonchev–Trinajstić information content (AvgIpc) is 2.37. The minimum Gasteiger partial charge on any atom is -0.305 e. The molecular formula is C14H16FN3. The number of rotatable bonds is 4. The van der Waals surface area contributed by atoms with Crippen molar-refractivity contribution in [3.8, 4) is 0 Å². The third-order valence-corrected chi connectivity index (χ3v) is 2.68. The summed E-state index contributed by atoms with van der Waals surface area (Å²) in [6.07, 6.45) is 4.86. The van der Waals surface area contributed by atoms with Crippen LogP contribution < -0.4 is 5.32 Å². The number of aryl methyl sites for hydroxylation is 1. The summed E-state index contributed by atoms with van der Waals surface area (Å²) in [4.78, 5) is 8.33. The Balaban J connectivity index is 2.36. The molecule has 1 N–H and O–H groups in total. The molecule has 0 spiro atoms. The van der Waals surface area contributed by atoms with Gasteiger partial charge in [-0.3, -0.25) is 9.97 Å². The molecule has 4 heteroatoms. The van der Waals surface area contributed by atoms with Gasteiger partial charge in [-0.05, 0) is 36.7 Å². The summed E-state index contributed by atoms with van der Waals surface area (Å²) in [6.45, 7) is 4.83. The monoisotopic (exact) mass is 245 g/mol. The molecule has 2 aromatic heterocycles. The van der Waals surface area contributed by atoms with Crippen LogP contribution in [0.25, 0.3) is 0 Å². The van der Waals surface area contributed by atoms with Crippen molar-refractivity contribution in [1.82, 2.24) is 15.3 Å². The molecule has 0 fully saturated rings. The molecule has 0 bridgehead atoms. The maximum absolute atomic E-state index is 12.9. The number of hydrogen-bond donors (Lipinski definition) is 1. The molecule has 94 valence electrons. The molecule has 2 rings (SSSR count). The Morgan fingerprint density at radius 2 is 2.11 bits per heavy atom. The van der Waals surface area contributed by atoms with Crippen LogP contribution in [0.3, 0.4) is 0 Å². The highest BCUT2D eigenvalue weighted by Gasteiger charge is 2.14. The Labute approximate surface area is 106 Å². The van der Waals surface area contributed by atoms with Crippen molar-refractivity contribution in [2.75, 3.05) is 6.54 Å². The van der Waals surface area contributed by atoms with Gasteiger partial charge in [0.25, 0.3) is 0 Å². The molecule has 0 aliphatic rings. The summed E-state index contributed by atoms with van der Waals surface area (Å²) >= 11 is 0. The van der Waals surface area contributed by atoms with Crippen LogP contribution in [0.5, 0.6) is 0 Å². The largest absolute Gasteiger partial charge is 0.305 e. The van der Waals surface area contributed by atoms with E-state index in [1.54, 1.807) is 6.07 Å². The summed E-state index contributed by atoms with van der Waals surface area (Å²) in [5.74, 6) is -0.323. The van der Waals surface area contributed by atoms with Crippen molar-refractivity contribution in [3.05, 3.63) is 59.4 Å². The van der Waals surface area contributed by atoms with E-state index in [1.165, 1.54) is 12.3 Å². The number of nitrogens with zero attached hydrogens (tertiary/aromatic N) is 2. The molecule has 0 aliphatic carbocycles. The summed E-state index contributed by atoms with van der Waals surface area (Å²) < 4.78 is 12.9. The van der Waals surface area contributed by atoms with Crippen LogP contribution in [0.15, 0.2) is 36.8 Å². The summed E-state index contributed by atoms with van der Waals surface area (Å²) in [6, 6.07) is 5.13. The Morgan fingerprint density at radius 3 is 2.72 bits per heavy atom. The summed E-state index contributed by atoms with van der Waals surface area (Å²) in [7, 11) is 0. The Kier molecular flexibility index (Phi) is 3.99. The minimum atomic E-state index is -0.323. The van der Waals surface area contributed by atoms with E-state index in [0.717, 1.165) is 23.4 Å². The van der Waals surface area contributed by atoms with Crippen molar-refractivity contribution in [3.63, 3.8) is 0 Å². The first kappa shape index (κ1) is 12.6. The third-order valence-electron chi connectivity index (χ3n) is 2.68. The van der Waals surface area contributed by atoms with Crippen molar-refractivity contribution < 1.29 is 4.39 Å². The van der Waals surface area contributed by atoms with Gasteiger partial charge in [0.2, 0.25) is 0 Å². The van der Waals surface area contributed by atoms with Crippen LogP contribution in [0.1, 0.15) is 29.8 Å². The number of aromatic nitrogens is 2. The van der Waals surface area contributed by atoms with Gasteiger partial charge in [-0.2, -0.15) is 0 Å². The zero-order valence-corrected chi connectivity index (χ0v) is 10.5. The maximum atomic E-state index is 12.9. The highest BCUT2D eigenvalue weighted by Crippen LogP contribution is 2.20. The third kappa shape index (κ3) is 2.90. The lowest BCUT2D eigenvalue weighted by Gasteiger charge is -2.17. The molecular weight excluding hydrogens is 229 g/mol. The summed E-state index contributed by atoms with van der Waals surface area (Å²) in [5, 5.41) is 3.34. The predicted octanol–water partition coefficient (Wildman–Crippen LogP) is 2.62. The van der Waals surface area contributed by atoms with Gasteiger partial charge >= 0.3 is 0 Å². The quantitative estimate of drug-likeness (QED) is 0.899. The van der Waals surface area contributed by atoms with Gasteiger partial charge in [-0.15, -0.1) is 0 Å². The van der Waals surface area contributed by atoms with Crippen LogP contribution in [0.4, 0.5) is 4.39 Å².